The molecule has 0 aromatic carbocycles. The van der Waals surface area contributed by atoms with E-state index in [9.17, 15) is 17.6 Å². The standard InChI is InChI=1S/C3H3F4NO/c1-8-2(4,5)9-3(8,6)7/h1H3. The van der Waals surface area contributed by atoms with Crippen molar-refractivity contribution >= 4 is 0 Å². The van der Waals surface area contributed by atoms with Crippen LogP contribution in [0.3, 0.4) is 0 Å². The lowest BCUT2D eigenvalue weighted by atomic mass is 10.6. The fourth-order valence-electron chi connectivity index (χ4n) is 0.397. The maximum Gasteiger partial charge on any atom is 0.436 e. The number of hydrogen-bond donors (Lipinski definition) is 0. The molecule has 0 radical (unpaired) electrons. The number of ether oxygens (including phenoxy) is 1. The largest absolute Gasteiger partial charge is 0.436 e. The maximum absolute atomic E-state index is 11.7. The van der Waals surface area contributed by atoms with Gasteiger partial charge in [-0.15, -0.1) is 4.90 Å². The van der Waals surface area contributed by atoms with E-state index in [1.807, 2.05) is 0 Å². The zero-order valence-electron chi connectivity index (χ0n) is 4.37. The van der Waals surface area contributed by atoms with E-state index in [-0.39, 0.29) is 0 Å². The van der Waals surface area contributed by atoms with E-state index in [0.717, 1.165) is 0 Å². The van der Waals surface area contributed by atoms with Gasteiger partial charge in [0.1, 0.15) is 0 Å². The highest BCUT2D eigenvalue weighted by Crippen LogP contribution is 2.44. The van der Waals surface area contributed by atoms with Crippen molar-refractivity contribution < 1.29 is 22.3 Å². The fourth-order valence-corrected chi connectivity index (χ4v) is 0.397. The van der Waals surface area contributed by atoms with Crippen LogP contribution in [-0.4, -0.2) is 24.4 Å². The second-order valence-electron chi connectivity index (χ2n) is 1.63. The first kappa shape index (κ1) is 6.76. The predicted octanol–water partition coefficient (Wildman–Crippen LogP) is 1.05. The molecule has 0 aromatic heterocycles. The average molecular weight is 145 g/mol. The Morgan fingerprint density at radius 1 is 1.11 bits per heavy atom. The summed E-state index contributed by atoms with van der Waals surface area (Å²) in [6.07, 6.45) is -7.60. The van der Waals surface area contributed by atoms with Gasteiger partial charge in [0.25, 0.3) is 0 Å². The Morgan fingerprint density at radius 2 is 1.44 bits per heavy atom. The Balaban J connectivity index is 2.62. The van der Waals surface area contributed by atoms with Gasteiger partial charge in [0.05, 0.1) is 0 Å². The van der Waals surface area contributed by atoms with Crippen LogP contribution in [0.2, 0.25) is 0 Å². The number of hydrogen-bond acceptors (Lipinski definition) is 2. The molecule has 0 aromatic rings. The third kappa shape index (κ3) is 0.781. The van der Waals surface area contributed by atoms with Gasteiger partial charge in [0.15, 0.2) is 0 Å². The van der Waals surface area contributed by atoms with Crippen molar-refractivity contribution in [2.24, 2.45) is 0 Å². The summed E-state index contributed by atoms with van der Waals surface area (Å²) in [5, 5.41) is 0. The van der Waals surface area contributed by atoms with Gasteiger partial charge in [-0.25, -0.2) is 4.74 Å². The first-order valence-corrected chi connectivity index (χ1v) is 2.06. The molecule has 0 spiro atoms. The highest BCUT2D eigenvalue weighted by Gasteiger charge is 2.67. The molecule has 1 aliphatic rings. The van der Waals surface area contributed by atoms with Crippen LogP contribution in [-0.2, 0) is 4.74 Å². The molecule has 0 bridgehead atoms. The molecule has 0 unspecified atom stereocenters. The van der Waals surface area contributed by atoms with E-state index in [2.05, 4.69) is 4.74 Å². The van der Waals surface area contributed by atoms with Gasteiger partial charge < -0.3 is 0 Å². The second kappa shape index (κ2) is 1.38. The van der Waals surface area contributed by atoms with Crippen molar-refractivity contribution in [2.75, 3.05) is 7.05 Å². The molecule has 2 nitrogen and oxygen atoms in total. The molecule has 0 saturated carbocycles. The van der Waals surface area contributed by atoms with Crippen molar-refractivity contribution in [3.63, 3.8) is 0 Å². The van der Waals surface area contributed by atoms with E-state index in [0.29, 0.717) is 7.05 Å². The summed E-state index contributed by atoms with van der Waals surface area (Å²) >= 11 is 0. The summed E-state index contributed by atoms with van der Waals surface area (Å²) in [5.41, 5.74) is 0. The minimum Gasteiger partial charge on any atom is -0.227 e. The lowest BCUT2D eigenvalue weighted by molar-refractivity contribution is -0.584. The molecule has 0 N–H and O–H groups in total. The normalized spacial score (nSPS) is 31.7. The van der Waals surface area contributed by atoms with Crippen LogP contribution < -0.4 is 0 Å². The molecule has 1 aliphatic heterocycles. The zero-order chi connectivity index (χ0) is 7.28. The Hall–Kier alpha value is -0.360. The number of alkyl halides is 4. The second-order valence-corrected chi connectivity index (χ2v) is 1.63. The highest BCUT2D eigenvalue weighted by atomic mass is 19.3. The molecule has 1 rings (SSSR count). The summed E-state index contributed by atoms with van der Waals surface area (Å²) in [6.45, 7) is 0. The van der Waals surface area contributed by atoms with Gasteiger partial charge in [-0.05, 0) is 0 Å². The van der Waals surface area contributed by atoms with E-state index in [4.69, 9.17) is 0 Å². The van der Waals surface area contributed by atoms with Crippen LogP contribution in [0.15, 0.2) is 0 Å². The molecule has 1 saturated heterocycles. The van der Waals surface area contributed by atoms with Crippen molar-refractivity contribution in [3.05, 3.63) is 0 Å². The molecular formula is C3H3F4NO. The zero-order valence-corrected chi connectivity index (χ0v) is 4.37. The molecule has 0 amide bonds. The van der Waals surface area contributed by atoms with Gasteiger partial charge >= 0.3 is 12.5 Å². The SMILES string of the molecule is CN1C(F)(F)OC1(F)F. The summed E-state index contributed by atoms with van der Waals surface area (Å²) < 4.78 is 49.5. The smallest absolute Gasteiger partial charge is 0.227 e. The molecule has 1 heterocycles. The lowest BCUT2D eigenvalue weighted by Gasteiger charge is -2.42. The Kier molecular flexibility index (Phi) is 1.03. The van der Waals surface area contributed by atoms with Gasteiger partial charge in [-0.3, -0.25) is 0 Å². The number of rotatable bonds is 0. The predicted molar refractivity (Wildman–Crippen MR) is 18.7 cm³/mol. The topological polar surface area (TPSA) is 12.5 Å². The van der Waals surface area contributed by atoms with Crippen LogP contribution in [0, 0.1) is 0 Å². The van der Waals surface area contributed by atoms with E-state index < -0.39 is 17.4 Å². The van der Waals surface area contributed by atoms with Gasteiger partial charge in [0.2, 0.25) is 0 Å². The molecule has 6 heteroatoms. The summed E-state index contributed by atoms with van der Waals surface area (Å²) in [6, 6.07) is 0. The summed E-state index contributed by atoms with van der Waals surface area (Å²) in [4.78, 5) is -0.458. The van der Waals surface area contributed by atoms with Gasteiger partial charge in [-0.1, -0.05) is 0 Å². The van der Waals surface area contributed by atoms with Crippen LogP contribution in [0.25, 0.3) is 0 Å². The maximum atomic E-state index is 11.7. The summed E-state index contributed by atoms with van der Waals surface area (Å²) in [7, 11) is 0.573. The van der Waals surface area contributed by atoms with Crippen LogP contribution >= 0.6 is 0 Å². The lowest BCUT2D eigenvalue weighted by Crippen LogP contribution is -2.66. The monoisotopic (exact) mass is 145 g/mol. The molecule has 9 heavy (non-hydrogen) atoms. The molecular weight excluding hydrogens is 142 g/mol. The van der Waals surface area contributed by atoms with Gasteiger partial charge in [0, 0.05) is 7.05 Å². The molecule has 0 atom stereocenters. The third-order valence-corrected chi connectivity index (χ3v) is 1.03. The highest BCUT2D eigenvalue weighted by molar-refractivity contribution is 4.70. The Morgan fingerprint density at radius 3 is 1.44 bits per heavy atom. The Labute approximate surface area is 48.0 Å². The first-order valence-electron chi connectivity index (χ1n) is 2.06. The quantitative estimate of drug-likeness (QED) is 0.373. The van der Waals surface area contributed by atoms with Crippen molar-refractivity contribution in [2.45, 2.75) is 12.5 Å². The summed E-state index contributed by atoms with van der Waals surface area (Å²) in [5.74, 6) is 0. The van der Waals surface area contributed by atoms with Crippen LogP contribution in [0.1, 0.15) is 0 Å². The first-order chi connectivity index (χ1) is 3.86. The Bertz CT molecular complexity index is 122. The number of halogens is 4. The fraction of sp³-hybridized carbons (Fsp3) is 1.00. The van der Waals surface area contributed by atoms with Crippen molar-refractivity contribution in [1.82, 2.24) is 4.90 Å². The van der Waals surface area contributed by atoms with Crippen molar-refractivity contribution in [1.29, 1.82) is 0 Å². The van der Waals surface area contributed by atoms with Crippen LogP contribution in [0.4, 0.5) is 17.6 Å². The van der Waals surface area contributed by atoms with Crippen molar-refractivity contribution in [3.8, 4) is 0 Å². The minimum atomic E-state index is -3.80. The van der Waals surface area contributed by atoms with E-state index >= 15 is 0 Å². The number of nitrogens with zero attached hydrogens (tertiary/aromatic N) is 1. The molecule has 1 fully saturated rings. The average Bonchev–Trinajstić information content (AvgIpc) is 1.63. The van der Waals surface area contributed by atoms with E-state index in [1.165, 1.54) is 0 Å². The van der Waals surface area contributed by atoms with Gasteiger partial charge in [-0.2, -0.15) is 17.6 Å². The molecule has 54 valence electrons. The third-order valence-electron chi connectivity index (χ3n) is 1.03. The van der Waals surface area contributed by atoms with E-state index in [1.54, 1.807) is 0 Å². The minimum absolute atomic E-state index is 0.458. The van der Waals surface area contributed by atoms with Crippen LogP contribution in [0.5, 0.6) is 0 Å². The molecule has 0 aliphatic carbocycles.